The average molecular weight is 271 g/mol. The Morgan fingerprint density at radius 1 is 1.53 bits per heavy atom. The lowest BCUT2D eigenvalue weighted by molar-refractivity contribution is 0.781. The van der Waals surface area contributed by atoms with E-state index in [4.69, 9.17) is 11.6 Å². The van der Waals surface area contributed by atoms with E-state index in [1.165, 1.54) is 17.0 Å². The Bertz CT molecular complexity index is 384. The molecule has 1 aromatic rings. The number of thioether (sulfide) groups is 1. The molecule has 1 saturated heterocycles. The lowest BCUT2D eigenvalue weighted by atomic mass is 10.2. The molecule has 4 heteroatoms. The first-order chi connectivity index (χ1) is 8.20. The SMILES string of the molecule is CNCc1ccc(N2CCSC(C)C2)c(Cl)c1. The van der Waals surface area contributed by atoms with Crippen LogP contribution < -0.4 is 10.2 Å². The lowest BCUT2D eigenvalue weighted by Crippen LogP contribution is -2.36. The summed E-state index contributed by atoms with van der Waals surface area (Å²) in [6.07, 6.45) is 0. The fourth-order valence-corrected chi connectivity index (χ4v) is 3.49. The van der Waals surface area contributed by atoms with Crippen LogP contribution in [0.1, 0.15) is 12.5 Å². The van der Waals surface area contributed by atoms with E-state index in [-0.39, 0.29) is 0 Å². The molecule has 17 heavy (non-hydrogen) atoms. The molecule has 0 radical (unpaired) electrons. The second-order valence-electron chi connectivity index (χ2n) is 4.44. The maximum atomic E-state index is 6.37. The minimum Gasteiger partial charge on any atom is -0.368 e. The molecule has 0 saturated carbocycles. The molecule has 1 fully saturated rings. The molecule has 1 heterocycles. The van der Waals surface area contributed by atoms with Gasteiger partial charge in [-0.25, -0.2) is 0 Å². The average Bonchev–Trinajstić information content (AvgIpc) is 2.29. The Morgan fingerprint density at radius 2 is 2.35 bits per heavy atom. The van der Waals surface area contributed by atoms with Gasteiger partial charge in [0.2, 0.25) is 0 Å². The van der Waals surface area contributed by atoms with Crippen LogP contribution in [0, 0.1) is 0 Å². The van der Waals surface area contributed by atoms with Crippen molar-refractivity contribution < 1.29 is 0 Å². The third-order valence-electron chi connectivity index (χ3n) is 2.97. The van der Waals surface area contributed by atoms with E-state index in [1.807, 2.05) is 18.8 Å². The van der Waals surface area contributed by atoms with Crippen LogP contribution in [0.5, 0.6) is 0 Å². The van der Waals surface area contributed by atoms with Gasteiger partial charge in [0, 0.05) is 30.6 Å². The summed E-state index contributed by atoms with van der Waals surface area (Å²) in [5, 5.41) is 4.71. The number of hydrogen-bond donors (Lipinski definition) is 1. The molecule has 2 rings (SSSR count). The number of nitrogens with zero attached hydrogens (tertiary/aromatic N) is 1. The Labute approximate surface area is 113 Å². The van der Waals surface area contributed by atoms with Crippen LogP contribution in [0.3, 0.4) is 0 Å². The van der Waals surface area contributed by atoms with E-state index in [0.717, 1.165) is 24.7 Å². The van der Waals surface area contributed by atoms with Crippen molar-refractivity contribution in [1.82, 2.24) is 5.32 Å². The van der Waals surface area contributed by atoms with Gasteiger partial charge in [0.15, 0.2) is 0 Å². The van der Waals surface area contributed by atoms with Crippen LogP contribution in [-0.4, -0.2) is 31.1 Å². The fraction of sp³-hybridized carbons (Fsp3) is 0.538. The minimum atomic E-state index is 0.691. The normalized spacial score (nSPS) is 20.6. The van der Waals surface area contributed by atoms with Gasteiger partial charge < -0.3 is 10.2 Å². The number of rotatable bonds is 3. The van der Waals surface area contributed by atoms with Crippen LogP contribution in [0.2, 0.25) is 5.02 Å². The highest BCUT2D eigenvalue weighted by atomic mass is 35.5. The summed E-state index contributed by atoms with van der Waals surface area (Å²) in [5.41, 5.74) is 2.42. The predicted molar refractivity (Wildman–Crippen MR) is 78.3 cm³/mol. The molecular formula is C13H19ClN2S. The zero-order chi connectivity index (χ0) is 12.3. The van der Waals surface area contributed by atoms with Crippen LogP contribution in [0.4, 0.5) is 5.69 Å². The monoisotopic (exact) mass is 270 g/mol. The highest BCUT2D eigenvalue weighted by Gasteiger charge is 2.18. The molecule has 2 nitrogen and oxygen atoms in total. The molecule has 0 aromatic heterocycles. The minimum absolute atomic E-state index is 0.691. The second-order valence-corrected chi connectivity index (χ2v) is 6.40. The molecule has 1 aliphatic heterocycles. The molecule has 1 aliphatic rings. The molecule has 0 aliphatic carbocycles. The smallest absolute Gasteiger partial charge is 0.0642 e. The third kappa shape index (κ3) is 3.30. The summed E-state index contributed by atoms with van der Waals surface area (Å²) in [4.78, 5) is 2.40. The van der Waals surface area contributed by atoms with Crippen LogP contribution in [0.15, 0.2) is 18.2 Å². The van der Waals surface area contributed by atoms with Crippen molar-refractivity contribution in [3.8, 4) is 0 Å². The Morgan fingerprint density at radius 3 is 3.00 bits per heavy atom. The van der Waals surface area contributed by atoms with Gasteiger partial charge in [-0.15, -0.1) is 0 Å². The van der Waals surface area contributed by atoms with Crippen molar-refractivity contribution in [2.24, 2.45) is 0 Å². The largest absolute Gasteiger partial charge is 0.368 e. The van der Waals surface area contributed by atoms with Gasteiger partial charge in [-0.1, -0.05) is 24.6 Å². The molecule has 1 aromatic carbocycles. The van der Waals surface area contributed by atoms with E-state index in [0.29, 0.717) is 5.25 Å². The van der Waals surface area contributed by atoms with Gasteiger partial charge in [0.1, 0.15) is 0 Å². The molecule has 0 bridgehead atoms. The van der Waals surface area contributed by atoms with E-state index in [1.54, 1.807) is 0 Å². The first kappa shape index (κ1) is 13.1. The van der Waals surface area contributed by atoms with Crippen molar-refractivity contribution in [3.05, 3.63) is 28.8 Å². The molecule has 1 N–H and O–H groups in total. The molecular weight excluding hydrogens is 252 g/mol. The molecule has 94 valence electrons. The van der Waals surface area contributed by atoms with Crippen LogP contribution in [-0.2, 0) is 6.54 Å². The number of nitrogens with one attached hydrogen (secondary N) is 1. The summed E-state index contributed by atoms with van der Waals surface area (Å²) in [6, 6.07) is 6.38. The maximum absolute atomic E-state index is 6.37. The van der Waals surface area contributed by atoms with E-state index >= 15 is 0 Å². The highest BCUT2D eigenvalue weighted by Crippen LogP contribution is 2.30. The van der Waals surface area contributed by atoms with Crippen molar-refractivity contribution in [1.29, 1.82) is 0 Å². The highest BCUT2D eigenvalue weighted by molar-refractivity contribution is 8.00. The Hall–Kier alpha value is -0.380. The van der Waals surface area contributed by atoms with Crippen LogP contribution in [0.25, 0.3) is 0 Å². The summed E-state index contributed by atoms with van der Waals surface area (Å²) in [5.74, 6) is 1.19. The number of halogens is 1. The number of hydrogen-bond acceptors (Lipinski definition) is 3. The lowest BCUT2D eigenvalue weighted by Gasteiger charge is -2.33. The standard InChI is InChI=1S/C13H19ClN2S/c1-10-9-16(5-6-17-10)13-4-3-11(8-15-2)7-12(13)14/h3-4,7,10,15H,5-6,8-9H2,1-2H3. The Balaban J connectivity index is 2.15. The van der Waals surface area contributed by atoms with E-state index in [9.17, 15) is 0 Å². The fourth-order valence-electron chi connectivity index (χ4n) is 2.16. The molecule has 0 spiro atoms. The second kappa shape index (κ2) is 5.98. The zero-order valence-corrected chi connectivity index (χ0v) is 11.9. The van der Waals surface area contributed by atoms with Gasteiger partial charge in [0.05, 0.1) is 10.7 Å². The first-order valence-electron chi connectivity index (χ1n) is 6.00. The Kier molecular flexibility index (Phi) is 4.60. The number of anilines is 1. The quantitative estimate of drug-likeness (QED) is 0.909. The van der Waals surface area contributed by atoms with Gasteiger partial charge in [-0.05, 0) is 24.7 Å². The first-order valence-corrected chi connectivity index (χ1v) is 7.43. The molecule has 1 atom stereocenters. The topological polar surface area (TPSA) is 15.3 Å². The van der Waals surface area contributed by atoms with E-state index in [2.05, 4.69) is 35.3 Å². The summed E-state index contributed by atoms with van der Waals surface area (Å²) < 4.78 is 0. The summed E-state index contributed by atoms with van der Waals surface area (Å²) in [7, 11) is 1.95. The van der Waals surface area contributed by atoms with Gasteiger partial charge >= 0.3 is 0 Å². The van der Waals surface area contributed by atoms with E-state index < -0.39 is 0 Å². The van der Waals surface area contributed by atoms with Crippen molar-refractivity contribution in [2.45, 2.75) is 18.7 Å². The van der Waals surface area contributed by atoms with Crippen molar-refractivity contribution >= 4 is 29.1 Å². The zero-order valence-electron chi connectivity index (χ0n) is 10.4. The maximum Gasteiger partial charge on any atom is 0.0642 e. The van der Waals surface area contributed by atoms with Gasteiger partial charge in [0.25, 0.3) is 0 Å². The van der Waals surface area contributed by atoms with Crippen LogP contribution >= 0.6 is 23.4 Å². The third-order valence-corrected chi connectivity index (χ3v) is 4.41. The summed E-state index contributed by atoms with van der Waals surface area (Å²) in [6.45, 7) is 5.34. The summed E-state index contributed by atoms with van der Waals surface area (Å²) >= 11 is 8.41. The van der Waals surface area contributed by atoms with Crippen molar-refractivity contribution in [2.75, 3.05) is 30.8 Å². The van der Waals surface area contributed by atoms with Crippen molar-refractivity contribution in [3.63, 3.8) is 0 Å². The predicted octanol–water partition coefficient (Wildman–Crippen LogP) is 3.00. The molecule has 1 unspecified atom stereocenters. The van der Waals surface area contributed by atoms with Gasteiger partial charge in [-0.2, -0.15) is 11.8 Å². The van der Waals surface area contributed by atoms with Gasteiger partial charge in [-0.3, -0.25) is 0 Å². The molecule has 0 amide bonds. The number of benzene rings is 1.